The molecule has 0 radical (unpaired) electrons. The number of pyridine rings is 1. The molecule has 1 fully saturated rings. The summed E-state index contributed by atoms with van der Waals surface area (Å²) in [7, 11) is 0. The molecule has 1 aromatic heterocycles. The van der Waals surface area contributed by atoms with E-state index >= 15 is 0 Å². The number of hydrogen-bond donors (Lipinski definition) is 1. The van der Waals surface area contributed by atoms with Crippen molar-refractivity contribution in [2.75, 3.05) is 39.3 Å². The third-order valence-corrected chi connectivity index (χ3v) is 5.42. The smallest absolute Gasteiger partial charge is 0.272 e. The molecule has 0 atom stereocenters. The van der Waals surface area contributed by atoms with E-state index in [0.717, 1.165) is 38.9 Å². The van der Waals surface area contributed by atoms with Gasteiger partial charge in [0.1, 0.15) is 11.4 Å². The zero-order valence-corrected chi connectivity index (χ0v) is 16.2. The molecular weight excluding hydrogens is 340 g/mol. The average molecular weight is 370 g/mol. The van der Waals surface area contributed by atoms with Crippen LogP contribution in [-0.4, -0.2) is 65.9 Å². The number of nitrogens with zero attached hydrogens (tertiary/aromatic N) is 3. The van der Waals surface area contributed by atoms with E-state index in [1.54, 1.807) is 18.2 Å². The van der Waals surface area contributed by atoms with Gasteiger partial charge < -0.3 is 15.1 Å². The fraction of sp³-hybridized carbons (Fsp3) is 0.571. The lowest BCUT2D eigenvalue weighted by Crippen LogP contribution is -2.48. The molecule has 2 heterocycles. The molecule has 2 amide bonds. The van der Waals surface area contributed by atoms with E-state index in [1.165, 1.54) is 18.4 Å². The van der Waals surface area contributed by atoms with Crippen molar-refractivity contribution < 1.29 is 9.59 Å². The number of piperazine rings is 1. The van der Waals surface area contributed by atoms with Gasteiger partial charge in [-0.25, -0.2) is 4.98 Å². The third-order valence-electron chi connectivity index (χ3n) is 5.42. The predicted octanol–water partition coefficient (Wildman–Crippen LogP) is 2.48. The second-order valence-corrected chi connectivity index (χ2v) is 7.25. The van der Waals surface area contributed by atoms with Gasteiger partial charge in [0, 0.05) is 32.7 Å². The van der Waals surface area contributed by atoms with Gasteiger partial charge in [-0.3, -0.25) is 9.59 Å². The Morgan fingerprint density at radius 2 is 1.89 bits per heavy atom. The summed E-state index contributed by atoms with van der Waals surface area (Å²) < 4.78 is 0. The lowest BCUT2D eigenvalue weighted by atomic mass is 9.97. The topological polar surface area (TPSA) is 65.5 Å². The molecule has 1 aliphatic carbocycles. The third kappa shape index (κ3) is 5.39. The number of likely N-dealkylation sites (N-methyl/N-ethyl adjacent to an activating group) is 1. The molecule has 1 saturated heterocycles. The van der Waals surface area contributed by atoms with Gasteiger partial charge in [0.2, 0.25) is 0 Å². The van der Waals surface area contributed by atoms with Crippen molar-refractivity contribution in [2.45, 2.75) is 39.0 Å². The number of carbonyl (C=O) groups excluding carboxylic acids is 2. The van der Waals surface area contributed by atoms with Gasteiger partial charge >= 0.3 is 0 Å². The van der Waals surface area contributed by atoms with Crippen molar-refractivity contribution in [3.8, 4) is 0 Å². The highest BCUT2D eigenvalue weighted by molar-refractivity contribution is 5.96. The first-order valence-electron chi connectivity index (χ1n) is 10.1. The van der Waals surface area contributed by atoms with Gasteiger partial charge in [0.15, 0.2) is 0 Å². The fourth-order valence-corrected chi connectivity index (χ4v) is 3.67. The Labute approximate surface area is 161 Å². The van der Waals surface area contributed by atoms with E-state index in [4.69, 9.17) is 0 Å². The Hall–Kier alpha value is -2.21. The highest BCUT2D eigenvalue weighted by Gasteiger charge is 2.22. The lowest BCUT2D eigenvalue weighted by Gasteiger charge is -2.33. The SMILES string of the molecule is CCN1CCN(C(=O)c2cccc(C(=O)NCCC3=CCCCC3)n2)CC1. The maximum Gasteiger partial charge on any atom is 0.272 e. The monoisotopic (exact) mass is 370 g/mol. The van der Waals surface area contributed by atoms with Gasteiger partial charge in [-0.05, 0) is 50.8 Å². The minimum absolute atomic E-state index is 0.0900. The summed E-state index contributed by atoms with van der Waals surface area (Å²) in [5, 5.41) is 2.93. The van der Waals surface area contributed by atoms with Crippen LogP contribution < -0.4 is 5.32 Å². The highest BCUT2D eigenvalue weighted by Crippen LogP contribution is 2.19. The van der Waals surface area contributed by atoms with Crippen molar-refractivity contribution in [3.63, 3.8) is 0 Å². The maximum absolute atomic E-state index is 12.7. The van der Waals surface area contributed by atoms with Crippen LogP contribution in [0.4, 0.5) is 0 Å². The van der Waals surface area contributed by atoms with Crippen LogP contribution >= 0.6 is 0 Å². The van der Waals surface area contributed by atoms with Crippen LogP contribution in [0, 0.1) is 0 Å². The number of rotatable bonds is 6. The molecule has 27 heavy (non-hydrogen) atoms. The second kappa shape index (κ2) is 9.65. The molecule has 0 saturated carbocycles. The van der Waals surface area contributed by atoms with Crippen molar-refractivity contribution >= 4 is 11.8 Å². The summed E-state index contributed by atoms with van der Waals surface area (Å²) in [6, 6.07) is 5.10. The van der Waals surface area contributed by atoms with Gasteiger partial charge in [0.05, 0.1) is 0 Å². The molecule has 6 nitrogen and oxygen atoms in total. The van der Waals surface area contributed by atoms with Crippen LogP contribution in [0.1, 0.15) is 60.0 Å². The molecule has 1 aromatic rings. The summed E-state index contributed by atoms with van der Waals surface area (Å²) in [5.74, 6) is -0.301. The van der Waals surface area contributed by atoms with Crippen LogP contribution in [0.25, 0.3) is 0 Å². The molecule has 6 heteroatoms. The van der Waals surface area contributed by atoms with Gasteiger partial charge in [0.25, 0.3) is 11.8 Å². The summed E-state index contributed by atoms with van der Waals surface area (Å²) in [6.45, 7) is 6.94. The Morgan fingerprint density at radius 1 is 1.11 bits per heavy atom. The maximum atomic E-state index is 12.7. The molecule has 2 aliphatic rings. The quantitative estimate of drug-likeness (QED) is 0.782. The highest BCUT2D eigenvalue weighted by atomic mass is 16.2. The molecule has 0 unspecified atom stereocenters. The number of aromatic nitrogens is 1. The van der Waals surface area contributed by atoms with E-state index in [0.29, 0.717) is 31.0 Å². The Balaban J connectivity index is 1.53. The molecule has 146 valence electrons. The number of allylic oxidation sites excluding steroid dienone is 1. The zero-order valence-electron chi connectivity index (χ0n) is 16.2. The Morgan fingerprint density at radius 3 is 2.59 bits per heavy atom. The van der Waals surface area contributed by atoms with Gasteiger partial charge in [-0.1, -0.05) is 24.6 Å². The van der Waals surface area contributed by atoms with Gasteiger partial charge in [-0.15, -0.1) is 0 Å². The number of nitrogens with one attached hydrogen (secondary N) is 1. The Kier molecular flexibility index (Phi) is 6.98. The molecule has 1 N–H and O–H groups in total. The molecular formula is C21H30N4O2. The Bertz CT molecular complexity index is 693. The van der Waals surface area contributed by atoms with E-state index < -0.39 is 0 Å². The standard InChI is InChI=1S/C21H30N4O2/c1-2-24-13-15-25(16-14-24)21(27)19-10-6-9-18(23-19)20(26)22-12-11-17-7-4-3-5-8-17/h6-7,9-10H,2-5,8,11-16H2,1H3,(H,22,26). The normalized spacial score (nSPS) is 18.1. The van der Waals surface area contributed by atoms with Crippen LogP contribution in [0.15, 0.2) is 29.8 Å². The largest absolute Gasteiger partial charge is 0.350 e. The van der Waals surface area contributed by atoms with Gasteiger partial charge in [-0.2, -0.15) is 0 Å². The lowest BCUT2D eigenvalue weighted by molar-refractivity contribution is 0.0637. The summed E-state index contributed by atoms with van der Waals surface area (Å²) in [6.07, 6.45) is 8.01. The van der Waals surface area contributed by atoms with Crippen molar-refractivity contribution in [1.29, 1.82) is 0 Å². The van der Waals surface area contributed by atoms with E-state index in [1.807, 2.05) is 4.90 Å². The van der Waals surface area contributed by atoms with Crippen molar-refractivity contribution in [1.82, 2.24) is 20.1 Å². The van der Waals surface area contributed by atoms with Crippen LogP contribution in [0.2, 0.25) is 0 Å². The van der Waals surface area contributed by atoms with Crippen LogP contribution in [0.5, 0.6) is 0 Å². The number of amides is 2. The number of carbonyl (C=O) groups is 2. The average Bonchev–Trinajstić information content (AvgIpc) is 2.74. The first-order valence-corrected chi connectivity index (χ1v) is 10.1. The summed E-state index contributed by atoms with van der Waals surface area (Å²) in [5.41, 5.74) is 2.10. The van der Waals surface area contributed by atoms with Crippen molar-refractivity contribution in [2.24, 2.45) is 0 Å². The first kappa shape index (κ1) is 19.5. The van der Waals surface area contributed by atoms with Crippen molar-refractivity contribution in [3.05, 3.63) is 41.2 Å². The van der Waals surface area contributed by atoms with E-state index in [9.17, 15) is 9.59 Å². The molecule has 0 spiro atoms. The molecule has 0 bridgehead atoms. The predicted molar refractivity (Wildman–Crippen MR) is 106 cm³/mol. The van der Waals surface area contributed by atoms with Crippen LogP contribution in [-0.2, 0) is 0 Å². The summed E-state index contributed by atoms with van der Waals surface area (Å²) in [4.78, 5) is 33.6. The minimum atomic E-state index is -0.211. The zero-order chi connectivity index (χ0) is 19.1. The molecule has 3 rings (SSSR count). The summed E-state index contributed by atoms with van der Waals surface area (Å²) >= 11 is 0. The minimum Gasteiger partial charge on any atom is -0.350 e. The first-order chi connectivity index (χ1) is 13.2. The fourth-order valence-electron chi connectivity index (χ4n) is 3.67. The molecule has 1 aliphatic heterocycles. The van der Waals surface area contributed by atoms with E-state index in [2.05, 4.69) is 28.2 Å². The second-order valence-electron chi connectivity index (χ2n) is 7.25. The number of hydrogen-bond acceptors (Lipinski definition) is 4. The van der Waals surface area contributed by atoms with E-state index in [-0.39, 0.29) is 11.8 Å². The molecule has 0 aromatic carbocycles. The van der Waals surface area contributed by atoms with Crippen LogP contribution in [0.3, 0.4) is 0 Å².